The van der Waals surface area contributed by atoms with E-state index in [2.05, 4.69) is 25.8 Å². The molecular formula is C9H12N6O. The smallest absolute Gasteiger partial charge is 0.263 e. The molecule has 7 nitrogen and oxygen atoms in total. The normalized spacial score (nSPS) is 10.6. The zero-order valence-electron chi connectivity index (χ0n) is 8.82. The molecule has 0 bridgehead atoms. The molecule has 0 atom stereocenters. The second-order valence-electron chi connectivity index (χ2n) is 2.90. The summed E-state index contributed by atoms with van der Waals surface area (Å²) in [7, 11) is 0. The van der Waals surface area contributed by atoms with Crippen LogP contribution in [0.3, 0.4) is 0 Å². The summed E-state index contributed by atoms with van der Waals surface area (Å²) in [6.45, 7) is 2.48. The Hall–Kier alpha value is -2.36. The monoisotopic (exact) mass is 220 g/mol. The SMILES string of the molecule is CCCNC(=O)/C(C#N)=C\Nc1ncn[nH]1. The van der Waals surface area contributed by atoms with Crippen molar-refractivity contribution in [2.45, 2.75) is 13.3 Å². The Morgan fingerprint density at radius 3 is 3.12 bits per heavy atom. The minimum Gasteiger partial charge on any atom is -0.351 e. The predicted molar refractivity (Wildman–Crippen MR) is 57.0 cm³/mol. The van der Waals surface area contributed by atoms with Gasteiger partial charge in [0.15, 0.2) is 0 Å². The molecule has 1 aromatic rings. The number of anilines is 1. The van der Waals surface area contributed by atoms with E-state index < -0.39 is 5.91 Å². The van der Waals surface area contributed by atoms with Gasteiger partial charge in [0.1, 0.15) is 18.0 Å². The van der Waals surface area contributed by atoms with Gasteiger partial charge >= 0.3 is 0 Å². The van der Waals surface area contributed by atoms with Crippen LogP contribution in [0.4, 0.5) is 5.95 Å². The summed E-state index contributed by atoms with van der Waals surface area (Å²) in [5, 5.41) is 20.2. The van der Waals surface area contributed by atoms with Gasteiger partial charge in [0, 0.05) is 12.7 Å². The third-order valence-electron chi connectivity index (χ3n) is 1.67. The number of amides is 1. The van der Waals surface area contributed by atoms with Gasteiger partial charge < -0.3 is 10.6 Å². The Morgan fingerprint density at radius 2 is 2.56 bits per heavy atom. The van der Waals surface area contributed by atoms with Gasteiger partial charge in [0.05, 0.1) is 0 Å². The maximum Gasteiger partial charge on any atom is 0.263 e. The lowest BCUT2D eigenvalue weighted by atomic mass is 10.3. The average Bonchev–Trinajstić information content (AvgIpc) is 2.80. The van der Waals surface area contributed by atoms with E-state index in [1.54, 1.807) is 6.07 Å². The number of H-pyrrole nitrogens is 1. The lowest BCUT2D eigenvalue weighted by Crippen LogP contribution is -2.25. The fourth-order valence-corrected chi connectivity index (χ4v) is 0.898. The van der Waals surface area contributed by atoms with Crippen LogP contribution in [0.5, 0.6) is 0 Å². The molecule has 84 valence electrons. The van der Waals surface area contributed by atoms with Crippen molar-refractivity contribution in [2.24, 2.45) is 0 Å². The molecule has 1 aromatic heterocycles. The lowest BCUT2D eigenvalue weighted by Gasteiger charge is -2.01. The Labute approximate surface area is 92.6 Å². The van der Waals surface area contributed by atoms with Gasteiger partial charge in [-0.15, -0.1) is 0 Å². The molecule has 0 aliphatic carbocycles. The fraction of sp³-hybridized carbons (Fsp3) is 0.333. The summed E-state index contributed by atoms with van der Waals surface area (Å²) in [6.07, 6.45) is 3.42. The maximum atomic E-state index is 11.4. The van der Waals surface area contributed by atoms with E-state index in [9.17, 15) is 4.79 Å². The van der Waals surface area contributed by atoms with E-state index >= 15 is 0 Å². The molecule has 0 saturated heterocycles. The molecule has 0 fully saturated rings. The summed E-state index contributed by atoms with van der Waals surface area (Å²) >= 11 is 0. The molecule has 1 amide bonds. The van der Waals surface area contributed by atoms with Gasteiger partial charge in [-0.3, -0.25) is 4.79 Å². The zero-order valence-corrected chi connectivity index (χ0v) is 8.82. The van der Waals surface area contributed by atoms with E-state index in [0.717, 1.165) is 6.42 Å². The standard InChI is InChI=1S/C9H12N6O/c1-2-3-11-8(16)7(4-10)5-12-9-13-6-14-15-9/h5-6H,2-3H2,1H3,(H,11,16)(H2,12,13,14,15)/b7-5-. The lowest BCUT2D eigenvalue weighted by molar-refractivity contribution is -0.117. The molecule has 0 aromatic carbocycles. The van der Waals surface area contributed by atoms with E-state index in [-0.39, 0.29) is 5.57 Å². The number of aromatic amines is 1. The van der Waals surface area contributed by atoms with Crippen molar-refractivity contribution in [2.75, 3.05) is 11.9 Å². The number of nitriles is 1. The molecule has 7 heteroatoms. The molecular weight excluding hydrogens is 208 g/mol. The number of aromatic nitrogens is 3. The number of hydrogen-bond acceptors (Lipinski definition) is 5. The van der Waals surface area contributed by atoms with Crippen molar-refractivity contribution >= 4 is 11.9 Å². The summed E-state index contributed by atoms with van der Waals surface area (Å²) in [5.74, 6) is -0.0348. The number of hydrogen-bond donors (Lipinski definition) is 3. The highest BCUT2D eigenvalue weighted by Crippen LogP contribution is 1.97. The maximum absolute atomic E-state index is 11.4. The number of nitrogens with one attached hydrogen (secondary N) is 3. The first kappa shape index (κ1) is 11.7. The molecule has 0 aliphatic rings. The van der Waals surface area contributed by atoms with Gasteiger partial charge in [-0.1, -0.05) is 6.92 Å². The van der Waals surface area contributed by atoms with Crippen molar-refractivity contribution in [1.29, 1.82) is 5.26 Å². The number of rotatable bonds is 5. The first-order valence-electron chi connectivity index (χ1n) is 4.78. The van der Waals surface area contributed by atoms with Crippen LogP contribution in [-0.2, 0) is 4.79 Å². The van der Waals surface area contributed by atoms with Crippen LogP contribution in [-0.4, -0.2) is 27.6 Å². The van der Waals surface area contributed by atoms with Crippen molar-refractivity contribution in [3.05, 3.63) is 18.1 Å². The van der Waals surface area contributed by atoms with Crippen molar-refractivity contribution in [3.8, 4) is 6.07 Å². The third-order valence-corrected chi connectivity index (χ3v) is 1.67. The number of nitrogens with zero attached hydrogens (tertiary/aromatic N) is 3. The Bertz CT molecular complexity index is 402. The largest absolute Gasteiger partial charge is 0.351 e. The molecule has 0 aliphatic heterocycles. The number of carbonyl (C=O) groups excluding carboxylic acids is 1. The molecule has 0 unspecified atom stereocenters. The summed E-state index contributed by atoms with van der Waals surface area (Å²) < 4.78 is 0. The highest BCUT2D eigenvalue weighted by molar-refractivity contribution is 5.97. The molecule has 3 N–H and O–H groups in total. The van der Waals surface area contributed by atoms with E-state index in [1.165, 1.54) is 12.5 Å². The van der Waals surface area contributed by atoms with Crippen molar-refractivity contribution < 1.29 is 4.79 Å². The van der Waals surface area contributed by atoms with Crippen LogP contribution < -0.4 is 10.6 Å². The molecule has 16 heavy (non-hydrogen) atoms. The van der Waals surface area contributed by atoms with E-state index in [0.29, 0.717) is 12.5 Å². The van der Waals surface area contributed by atoms with Crippen LogP contribution in [0.15, 0.2) is 18.1 Å². The van der Waals surface area contributed by atoms with Crippen LogP contribution in [0, 0.1) is 11.3 Å². The van der Waals surface area contributed by atoms with E-state index in [1.807, 2.05) is 6.92 Å². The van der Waals surface area contributed by atoms with Crippen LogP contribution in [0.2, 0.25) is 0 Å². The predicted octanol–water partition coefficient (Wildman–Crippen LogP) is 0.150. The third kappa shape index (κ3) is 3.42. The quantitative estimate of drug-likeness (QED) is 0.483. The first-order valence-corrected chi connectivity index (χ1v) is 4.78. The minimum atomic E-state index is -0.406. The van der Waals surface area contributed by atoms with Gasteiger partial charge in [0.25, 0.3) is 5.91 Å². The zero-order chi connectivity index (χ0) is 11.8. The summed E-state index contributed by atoms with van der Waals surface area (Å²) in [6, 6.07) is 1.80. The van der Waals surface area contributed by atoms with E-state index in [4.69, 9.17) is 5.26 Å². The molecule has 1 heterocycles. The number of carbonyl (C=O) groups is 1. The van der Waals surface area contributed by atoms with Gasteiger partial charge in [-0.25, -0.2) is 5.10 Å². The Balaban J connectivity index is 2.57. The Morgan fingerprint density at radius 1 is 1.75 bits per heavy atom. The highest BCUT2D eigenvalue weighted by Gasteiger charge is 2.07. The average molecular weight is 220 g/mol. The highest BCUT2D eigenvalue weighted by atomic mass is 16.1. The molecule has 0 spiro atoms. The van der Waals surface area contributed by atoms with Gasteiger partial charge in [-0.05, 0) is 6.42 Å². The fourth-order valence-electron chi connectivity index (χ4n) is 0.898. The van der Waals surface area contributed by atoms with Gasteiger partial charge in [0.2, 0.25) is 5.95 Å². The second kappa shape index (κ2) is 6.19. The molecule has 0 radical (unpaired) electrons. The van der Waals surface area contributed by atoms with Crippen molar-refractivity contribution in [3.63, 3.8) is 0 Å². The molecule has 1 rings (SSSR count). The van der Waals surface area contributed by atoms with Crippen LogP contribution in [0.1, 0.15) is 13.3 Å². The van der Waals surface area contributed by atoms with Crippen molar-refractivity contribution in [1.82, 2.24) is 20.5 Å². The first-order chi connectivity index (χ1) is 7.77. The van der Waals surface area contributed by atoms with Gasteiger partial charge in [-0.2, -0.15) is 15.3 Å². The summed E-state index contributed by atoms with van der Waals surface area (Å²) in [5.41, 5.74) is -0.00940. The summed E-state index contributed by atoms with van der Waals surface area (Å²) in [4.78, 5) is 15.2. The van der Waals surface area contributed by atoms with Crippen LogP contribution in [0.25, 0.3) is 0 Å². The molecule has 0 saturated carbocycles. The topological polar surface area (TPSA) is 106 Å². The second-order valence-corrected chi connectivity index (χ2v) is 2.90. The minimum absolute atomic E-state index is 0.00940. The van der Waals surface area contributed by atoms with Crippen LogP contribution >= 0.6 is 0 Å². The Kier molecular flexibility index (Phi) is 4.53.